The first-order valence-corrected chi connectivity index (χ1v) is 13.5. The molecule has 0 aliphatic heterocycles. The molecule has 1 saturated carbocycles. The van der Waals surface area contributed by atoms with Crippen molar-refractivity contribution in [1.82, 2.24) is 14.7 Å². The van der Waals surface area contributed by atoms with E-state index in [-0.39, 0.29) is 17.5 Å². The molecule has 6 nitrogen and oxygen atoms in total. The fourth-order valence-corrected chi connectivity index (χ4v) is 4.91. The number of carbonyl (C=O) groups excluding carboxylic acids is 1. The van der Waals surface area contributed by atoms with Gasteiger partial charge in [0.1, 0.15) is 5.76 Å². The SMILES string of the molecule is C/C=C(\C=C(/C)CCNC(=O)c1ccc2c(c1)c(=O)n(-c1ccccc1)n2C1CCCCC1)OC.CC. The minimum absolute atomic E-state index is 0.0800. The number of aromatic nitrogens is 2. The number of nitrogens with one attached hydrogen (secondary N) is 1. The second-order valence-electron chi connectivity index (χ2n) is 9.21. The van der Waals surface area contributed by atoms with Crippen molar-refractivity contribution in [1.29, 1.82) is 0 Å². The molecule has 2 aromatic carbocycles. The van der Waals surface area contributed by atoms with Crippen LogP contribution in [0.4, 0.5) is 0 Å². The Kier molecular flexibility index (Phi) is 10.4. The molecule has 1 amide bonds. The molecule has 3 aromatic rings. The average molecular weight is 504 g/mol. The van der Waals surface area contributed by atoms with E-state index < -0.39 is 0 Å². The van der Waals surface area contributed by atoms with Gasteiger partial charge in [0.25, 0.3) is 11.5 Å². The van der Waals surface area contributed by atoms with E-state index in [1.807, 2.05) is 82.3 Å². The van der Waals surface area contributed by atoms with E-state index in [9.17, 15) is 9.59 Å². The molecule has 1 aliphatic carbocycles. The number of hydrogen-bond donors (Lipinski definition) is 1. The first kappa shape index (κ1) is 28.0. The summed E-state index contributed by atoms with van der Waals surface area (Å²) in [5.74, 6) is 0.630. The molecular formula is C31H41N3O3. The Morgan fingerprint density at radius 3 is 2.43 bits per heavy atom. The van der Waals surface area contributed by atoms with Gasteiger partial charge in [-0.2, -0.15) is 0 Å². The van der Waals surface area contributed by atoms with Crippen molar-refractivity contribution in [2.45, 2.75) is 72.3 Å². The summed E-state index contributed by atoms with van der Waals surface area (Å²) in [5, 5.41) is 3.57. The number of para-hydroxylation sites is 1. The van der Waals surface area contributed by atoms with Crippen LogP contribution >= 0.6 is 0 Å². The van der Waals surface area contributed by atoms with Crippen molar-refractivity contribution in [3.8, 4) is 5.69 Å². The van der Waals surface area contributed by atoms with Crippen LogP contribution in [-0.4, -0.2) is 28.9 Å². The molecule has 6 heteroatoms. The van der Waals surface area contributed by atoms with Gasteiger partial charge in [-0.3, -0.25) is 14.3 Å². The van der Waals surface area contributed by atoms with Crippen LogP contribution in [-0.2, 0) is 4.74 Å². The van der Waals surface area contributed by atoms with E-state index in [1.54, 1.807) is 17.9 Å². The highest BCUT2D eigenvalue weighted by atomic mass is 16.5. The number of rotatable bonds is 8. The van der Waals surface area contributed by atoms with Gasteiger partial charge in [-0.25, -0.2) is 4.68 Å². The van der Waals surface area contributed by atoms with Gasteiger partial charge in [0.05, 0.1) is 29.7 Å². The zero-order valence-corrected chi connectivity index (χ0v) is 22.9. The summed E-state index contributed by atoms with van der Waals surface area (Å²) >= 11 is 0. The van der Waals surface area contributed by atoms with Crippen LogP contribution in [0, 0.1) is 0 Å². The topological polar surface area (TPSA) is 65.3 Å². The number of amides is 1. The maximum absolute atomic E-state index is 13.6. The van der Waals surface area contributed by atoms with Gasteiger partial charge in [-0.15, -0.1) is 0 Å². The fourth-order valence-electron chi connectivity index (χ4n) is 4.91. The zero-order chi connectivity index (χ0) is 26.8. The van der Waals surface area contributed by atoms with Crippen LogP contribution in [0.1, 0.15) is 82.6 Å². The largest absolute Gasteiger partial charge is 0.497 e. The molecule has 0 atom stereocenters. The third kappa shape index (κ3) is 6.62. The number of hydrogen-bond acceptors (Lipinski definition) is 3. The molecule has 1 fully saturated rings. The third-order valence-corrected chi connectivity index (χ3v) is 6.78. The molecule has 4 rings (SSSR count). The highest BCUT2D eigenvalue weighted by Crippen LogP contribution is 2.31. The number of ether oxygens (including phenoxy) is 1. The quantitative estimate of drug-likeness (QED) is 0.267. The molecule has 0 radical (unpaired) electrons. The first-order chi connectivity index (χ1) is 18.0. The molecule has 1 N–H and O–H groups in total. The van der Waals surface area contributed by atoms with Crippen molar-refractivity contribution < 1.29 is 9.53 Å². The zero-order valence-electron chi connectivity index (χ0n) is 22.9. The minimum Gasteiger partial charge on any atom is -0.497 e. The molecule has 1 aromatic heterocycles. The van der Waals surface area contributed by atoms with E-state index in [4.69, 9.17) is 4.74 Å². The summed E-state index contributed by atoms with van der Waals surface area (Å²) in [5.41, 5.74) is 3.28. The van der Waals surface area contributed by atoms with Crippen LogP contribution in [0.15, 0.2) is 76.8 Å². The molecule has 0 bridgehead atoms. The molecule has 0 saturated heterocycles. The molecule has 37 heavy (non-hydrogen) atoms. The maximum Gasteiger partial charge on any atom is 0.279 e. The van der Waals surface area contributed by atoms with E-state index in [0.717, 1.165) is 35.4 Å². The average Bonchev–Trinajstić information content (AvgIpc) is 3.25. The Bertz CT molecular complexity index is 1290. The lowest BCUT2D eigenvalue weighted by Crippen LogP contribution is -2.25. The van der Waals surface area contributed by atoms with E-state index in [2.05, 4.69) is 10.00 Å². The Hall–Kier alpha value is -3.54. The summed E-state index contributed by atoms with van der Waals surface area (Å²) in [6.07, 6.45) is 10.3. The molecular weight excluding hydrogens is 462 g/mol. The lowest BCUT2D eigenvalue weighted by atomic mass is 9.95. The van der Waals surface area contributed by atoms with Crippen LogP contribution in [0.3, 0.4) is 0 Å². The number of methoxy groups -OCH3 is 1. The first-order valence-electron chi connectivity index (χ1n) is 13.5. The van der Waals surface area contributed by atoms with Crippen molar-refractivity contribution in [2.24, 2.45) is 0 Å². The summed E-state index contributed by atoms with van der Waals surface area (Å²) in [6, 6.07) is 15.6. The summed E-state index contributed by atoms with van der Waals surface area (Å²) < 4.78 is 9.23. The Morgan fingerprint density at radius 1 is 1.08 bits per heavy atom. The highest BCUT2D eigenvalue weighted by Gasteiger charge is 2.24. The van der Waals surface area contributed by atoms with Crippen LogP contribution < -0.4 is 10.9 Å². The van der Waals surface area contributed by atoms with Crippen LogP contribution in [0.2, 0.25) is 0 Å². The van der Waals surface area contributed by atoms with Gasteiger partial charge in [0, 0.05) is 12.1 Å². The smallest absolute Gasteiger partial charge is 0.279 e. The second kappa shape index (κ2) is 13.7. The summed E-state index contributed by atoms with van der Waals surface area (Å²) in [6.45, 7) is 8.45. The summed E-state index contributed by atoms with van der Waals surface area (Å²) in [7, 11) is 1.64. The second-order valence-corrected chi connectivity index (χ2v) is 9.21. The lowest BCUT2D eigenvalue weighted by Gasteiger charge is -2.26. The van der Waals surface area contributed by atoms with Crippen molar-refractivity contribution in [3.05, 3.63) is 87.9 Å². The third-order valence-electron chi connectivity index (χ3n) is 6.78. The van der Waals surface area contributed by atoms with Gasteiger partial charge in [-0.1, -0.05) is 56.9 Å². The van der Waals surface area contributed by atoms with E-state index >= 15 is 0 Å². The maximum atomic E-state index is 13.6. The summed E-state index contributed by atoms with van der Waals surface area (Å²) in [4.78, 5) is 26.5. The van der Waals surface area contributed by atoms with Gasteiger partial charge in [-0.05, 0) is 75.6 Å². The lowest BCUT2D eigenvalue weighted by molar-refractivity contribution is 0.0954. The normalized spacial score (nSPS) is 14.7. The Morgan fingerprint density at radius 2 is 1.78 bits per heavy atom. The Labute approximate surface area is 220 Å². The highest BCUT2D eigenvalue weighted by molar-refractivity contribution is 5.98. The van der Waals surface area contributed by atoms with Crippen molar-refractivity contribution >= 4 is 16.8 Å². The number of nitrogens with zero attached hydrogens (tertiary/aromatic N) is 2. The molecule has 0 unspecified atom stereocenters. The minimum atomic E-state index is -0.172. The molecule has 1 aliphatic rings. The van der Waals surface area contributed by atoms with Gasteiger partial charge in [0.2, 0.25) is 0 Å². The molecule has 1 heterocycles. The number of allylic oxidation sites excluding steroid dienone is 2. The van der Waals surface area contributed by atoms with Gasteiger partial charge < -0.3 is 10.1 Å². The number of carbonyl (C=O) groups is 1. The van der Waals surface area contributed by atoms with Gasteiger partial charge >= 0.3 is 0 Å². The molecule has 0 spiro atoms. The number of benzene rings is 2. The van der Waals surface area contributed by atoms with Crippen molar-refractivity contribution in [2.75, 3.05) is 13.7 Å². The molecule has 198 valence electrons. The fraction of sp³-hybridized carbons (Fsp3) is 0.419. The predicted molar refractivity (Wildman–Crippen MR) is 152 cm³/mol. The Balaban J connectivity index is 0.00000186. The van der Waals surface area contributed by atoms with Gasteiger partial charge in [0.15, 0.2) is 0 Å². The predicted octanol–water partition coefficient (Wildman–Crippen LogP) is 6.94. The van der Waals surface area contributed by atoms with Crippen LogP contribution in [0.25, 0.3) is 16.6 Å². The monoisotopic (exact) mass is 503 g/mol. The van der Waals surface area contributed by atoms with E-state index in [1.165, 1.54) is 19.3 Å². The number of fused-ring (bicyclic) bond motifs is 1. The van der Waals surface area contributed by atoms with E-state index in [0.29, 0.717) is 23.9 Å². The standard InChI is InChI=1S/C29H35N3O3.C2H6/c1-4-25(35-3)19-21(2)17-18-30-28(33)22-15-16-27-26(20-22)29(34)32(24-13-9-6-10-14-24)31(27)23-11-7-5-8-12-23;1-2/h4,6,9-10,13-16,19-20,23H,5,7-8,11-12,17-18H2,1-3H3,(H,30,33);1-2H3/b21-19+,25-4+;. The van der Waals surface area contributed by atoms with Crippen LogP contribution in [0.5, 0.6) is 0 Å². The van der Waals surface area contributed by atoms with Crippen molar-refractivity contribution in [3.63, 3.8) is 0 Å².